The molecule has 5 N–H and O–H groups in total. The van der Waals surface area contributed by atoms with Crippen LogP contribution in [0, 0.1) is 5.41 Å². The molecule has 1 aromatic carbocycles. The summed E-state index contributed by atoms with van der Waals surface area (Å²) in [5.41, 5.74) is 4.53. The van der Waals surface area contributed by atoms with Crippen LogP contribution < -0.4 is 21.7 Å². The molecule has 1 aliphatic heterocycles. The van der Waals surface area contributed by atoms with Gasteiger partial charge in [-0.1, -0.05) is 18.6 Å². The minimum Gasteiger partial charge on any atom is -0.461 e. The zero-order chi connectivity index (χ0) is 28.6. The molecule has 2 aliphatic rings. The van der Waals surface area contributed by atoms with Gasteiger partial charge in [0.25, 0.3) is 11.8 Å². The second-order valence-corrected chi connectivity index (χ2v) is 9.32. The number of amides is 6. The average molecular weight is 546 g/mol. The number of rotatable bonds is 12. The van der Waals surface area contributed by atoms with E-state index in [9.17, 15) is 33.6 Å². The first-order chi connectivity index (χ1) is 18.5. The number of hydroxylamine groups is 2. The molecule has 6 amide bonds. The molecular weight excluding hydrogens is 514 g/mol. The van der Waals surface area contributed by atoms with E-state index in [0.29, 0.717) is 22.7 Å². The molecule has 1 atom stereocenters. The maximum Gasteiger partial charge on any atom is 0.348 e. The lowest BCUT2D eigenvalue weighted by Gasteiger charge is -2.38. The van der Waals surface area contributed by atoms with Crippen molar-refractivity contribution in [2.75, 3.05) is 11.9 Å². The summed E-state index contributed by atoms with van der Waals surface area (Å²) in [6, 6.07) is 4.66. The van der Waals surface area contributed by atoms with E-state index in [1.165, 1.54) is 6.92 Å². The van der Waals surface area contributed by atoms with E-state index in [1.807, 2.05) is 0 Å². The van der Waals surface area contributed by atoms with Gasteiger partial charge in [0.2, 0.25) is 11.8 Å². The Kier molecular flexibility index (Phi) is 9.57. The number of esters is 1. The Morgan fingerprint density at radius 3 is 2.23 bits per heavy atom. The molecule has 1 saturated carbocycles. The number of urea groups is 1. The number of primary amides is 1. The number of ether oxygens (including phenoxy) is 1. The maximum atomic E-state index is 13.3. The zero-order valence-electron chi connectivity index (χ0n) is 21.4. The lowest BCUT2D eigenvalue weighted by atomic mass is 9.68. The fourth-order valence-electron chi connectivity index (χ4n) is 4.06. The van der Waals surface area contributed by atoms with Gasteiger partial charge < -0.3 is 31.3 Å². The van der Waals surface area contributed by atoms with Crippen LogP contribution in [-0.4, -0.2) is 59.2 Å². The summed E-state index contributed by atoms with van der Waals surface area (Å²) in [4.78, 5) is 90.0. The standard InChI is InChI=1S/C25H31N5O9/c1-15(31)38-14-16-5-7-17(8-6-16)28-21(34)18(4-2-13-27-24(26)37)29-22(35)25(11-3-12-25)23(36)39-30-19(32)9-10-20(30)33/h5-8,18H,2-4,9-14H2,1H3,(H,28,34)(H,29,35)(H3,26,27,37)/t18-/m0/s1. The zero-order valence-corrected chi connectivity index (χ0v) is 21.4. The first-order valence-electron chi connectivity index (χ1n) is 12.5. The molecular formula is C25H31N5O9. The molecule has 0 unspecified atom stereocenters. The predicted octanol–water partition coefficient (Wildman–Crippen LogP) is 0.399. The average Bonchev–Trinajstić information content (AvgIpc) is 3.16. The quantitative estimate of drug-likeness (QED) is 0.124. The largest absolute Gasteiger partial charge is 0.461 e. The highest BCUT2D eigenvalue weighted by atomic mass is 16.7. The maximum absolute atomic E-state index is 13.3. The Morgan fingerprint density at radius 2 is 1.69 bits per heavy atom. The van der Waals surface area contributed by atoms with Gasteiger partial charge in [-0.05, 0) is 43.4 Å². The third-order valence-corrected chi connectivity index (χ3v) is 6.47. The molecule has 0 radical (unpaired) electrons. The monoisotopic (exact) mass is 545 g/mol. The number of carbonyl (C=O) groups is 7. The summed E-state index contributed by atoms with van der Waals surface area (Å²) in [5, 5.41) is 8.08. The molecule has 14 heteroatoms. The van der Waals surface area contributed by atoms with Crippen molar-refractivity contribution in [3.05, 3.63) is 29.8 Å². The fourth-order valence-corrected chi connectivity index (χ4v) is 4.06. The minimum absolute atomic E-state index is 0.0713. The second kappa shape index (κ2) is 12.8. The van der Waals surface area contributed by atoms with Crippen LogP contribution in [-0.2, 0) is 44.9 Å². The first kappa shape index (κ1) is 29.1. The smallest absolute Gasteiger partial charge is 0.348 e. The van der Waals surface area contributed by atoms with E-state index in [0.717, 1.165) is 0 Å². The van der Waals surface area contributed by atoms with E-state index in [1.54, 1.807) is 24.3 Å². The molecule has 3 rings (SSSR count). The van der Waals surface area contributed by atoms with E-state index in [-0.39, 0.29) is 51.7 Å². The van der Waals surface area contributed by atoms with Gasteiger partial charge in [-0.25, -0.2) is 9.59 Å². The first-order valence-corrected chi connectivity index (χ1v) is 12.5. The highest BCUT2D eigenvalue weighted by Gasteiger charge is 2.54. The SMILES string of the molecule is CC(=O)OCc1ccc(NC(=O)[C@H](CCCNC(N)=O)NC(=O)C2(C(=O)ON3C(=O)CCC3=O)CCC2)cc1. The van der Waals surface area contributed by atoms with Crippen molar-refractivity contribution in [3.63, 3.8) is 0 Å². The third kappa shape index (κ3) is 7.52. The number of carbonyl (C=O) groups excluding carboxylic acids is 7. The van der Waals surface area contributed by atoms with Crippen LogP contribution in [0.15, 0.2) is 24.3 Å². The molecule has 1 saturated heterocycles. The molecule has 1 aromatic rings. The lowest BCUT2D eigenvalue weighted by molar-refractivity contribution is -0.209. The summed E-state index contributed by atoms with van der Waals surface area (Å²) in [7, 11) is 0. The van der Waals surface area contributed by atoms with Crippen LogP contribution in [0.4, 0.5) is 10.5 Å². The molecule has 210 valence electrons. The van der Waals surface area contributed by atoms with Crippen molar-refractivity contribution in [3.8, 4) is 0 Å². The van der Waals surface area contributed by atoms with E-state index >= 15 is 0 Å². The fraction of sp³-hybridized carbons (Fsp3) is 0.480. The Balaban J connectivity index is 1.68. The van der Waals surface area contributed by atoms with E-state index in [2.05, 4.69) is 16.0 Å². The number of nitrogens with one attached hydrogen (secondary N) is 3. The Morgan fingerprint density at radius 1 is 1.05 bits per heavy atom. The Bertz CT molecular complexity index is 1130. The number of hydrogen-bond donors (Lipinski definition) is 4. The van der Waals surface area contributed by atoms with Crippen LogP contribution in [0.5, 0.6) is 0 Å². The van der Waals surface area contributed by atoms with Crippen molar-refractivity contribution >= 4 is 47.3 Å². The van der Waals surface area contributed by atoms with Crippen molar-refractivity contribution in [1.82, 2.24) is 15.7 Å². The van der Waals surface area contributed by atoms with Crippen molar-refractivity contribution in [2.45, 2.75) is 64.5 Å². The minimum atomic E-state index is -1.65. The highest BCUT2D eigenvalue weighted by molar-refractivity contribution is 6.08. The summed E-state index contributed by atoms with van der Waals surface area (Å²) < 4.78 is 4.93. The van der Waals surface area contributed by atoms with Gasteiger partial charge in [-0.3, -0.25) is 24.0 Å². The summed E-state index contributed by atoms with van der Waals surface area (Å²) in [5.74, 6) is -4.14. The van der Waals surface area contributed by atoms with Gasteiger partial charge in [-0.2, -0.15) is 0 Å². The predicted molar refractivity (Wildman–Crippen MR) is 133 cm³/mol. The molecule has 14 nitrogen and oxygen atoms in total. The van der Waals surface area contributed by atoms with Gasteiger partial charge in [0.15, 0.2) is 0 Å². The van der Waals surface area contributed by atoms with E-state index < -0.39 is 53.1 Å². The second-order valence-electron chi connectivity index (χ2n) is 9.32. The summed E-state index contributed by atoms with van der Waals surface area (Å²) in [6.45, 7) is 1.51. The molecule has 2 fully saturated rings. The number of nitrogens with zero attached hydrogens (tertiary/aromatic N) is 1. The number of benzene rings is 1. The van der Waals surface area contributed by atoms with Crippen molar-refractivity contribution < 1.29 is 43.1 Å². The highest BCUT2D eigenvalue weighted by Crippen LogP contribution is 2.43. The lowest BCUT2D eigenvalue weighted by Crippen LogP contribution is -2.57. The number of hydrogen-bond acceptors (Lipinski definition) is 9. The van der Waals surface area contributed by atoms with Gasteiger partial charge in [0.05, 0.1) is 0 Å². The summed E-state index contributed by atoms with van der Waals surface area (Å²) >= 11 is 0. The van der Waals surface area contributed by atoms with Crippen LogP contribution >= 0.6 is 0 Å². The van der Waals surface area contributed by atoms with Gasteiger partial charge in [-0.15, -0.1) is 5.06 Å². The Hall–Kier alpha value is -4.49. The van der Waals surface area contributed by atoms with Gasteiger partial charge in [0.1, 0.15) is 18.1 Å². The van der Waals surface area contributed by atoms with Crippen molar-refractivity contribution in [2.24, 2.45) is 11.1 Å². The van der Waals surface area contributed by atoms with Crippen LogP contribution in [0.25, 0.3) is 0 Å². The topological polar surface area (TPSA) is 203 Å². The normalized spacial score (nSPS) is 16.5. The number of imide groups is 1. The van der Waals surface area contributed by atoms with E-state index in [4.69, 9.17) is 15.3 Å². The third-order valence-electron chi connectivity index (χ3n) is 6.47. The molecule has 39 heavy (non-hydrogen) atoms. The molecule has 0 spiro atoms. The van der Waals surface area contributed by atoms with Crippen LogP contribution in [0.1, 0.15) is 57.4 Å². The molecule has 1 heterocycles. The molecule has 0 bridgehead atoms. The van der Waals surface area contributed by atoms with Crippen molar-refractivity contribution in [1.29, 1.82) is 0 Å². The van der Waals surface area contributed by atoms with Crippen LogP contribution in [0.3, 0.4) is 0 Å². The van der Waals surface area contributed by atoms with Gasteiger partial charge >= 0.3 is 18.0 Å². The van der Waals surface area contributed by atoms with Gasteiger partial charge in [0, 0.05) is 32.0 Å². The summed E-state index contributed by atoms with van der Waals surface area (Å²) in [6.07, 6.45) is 0.969. The van der Waals surface area contributed by atoms with Crippen LogP contribution in [0.2, 0.25) is 0 Å². The molecule has 1 aliphatic carbocycles. The number of nitrogens with two attached hydrogens (primary N) is 1. The number of anilines is 1. The molecule has 0 aromatic heterocycles. The Labute approximate surface area is 223 Å².